The molecule has 2 aliphatic rings. The molecule has 0 atom stereocenters. The second-order valence-corrected chi connectivity index (χ2v) is 7.26. The van der Waals surface area contributed by atoms with E-state index >= 15 is 0 Å². The number of aromatic nitrogens is 2. The predicted octanol–water partition coefficient (Wildman–Crippen LogP) is 1.33. The van der Waals surface area contributed by atoms with Gasteiger partial charge in [0.05, 0.1) is 5.69 Å². The zero-order chi connectivity index (χ0) is 19.5. The topological polar surface area (TPSA) is 55.8 Å². The first kappa shape index (κ1) is 18.6. The van der Waals surface area contributed by atoms with Crippen molar-refractivity contribution in [2.75, 3.05) is 69.2 Å². The number of nitrogens with zero attached hydrogens (tertiary/aromatic N) is 6. The summed E-state index contributed by atoms with van der Waals surface area (Å²) in [6.07, 6.45) is 1.65. The van der Waals surface area contributed by atoms with Crippen LogP contribution in [0.5, 0.6) is 0 Å². The van der Waals surface area contributed by atoms with Crippen molar-refractivity contribution in [3.63, 3.8) is 0 Å². The van der Waals surface area contributed by atoms with Crippen LogP contribution in [0.2, 0.25) is 0 Å². The number of hydrogen-bond donors (Lipinski definition) is 0. The summed E-state index contributed by atoms with van der Waals surface area (Å²) >= 11 is 0. The number of benzene rings is 1. The molecule has 2 fully saturated rings. The minimum atomic E-state index is -0.202. The van der Waals surface area contributed by atoms with Gasteiger partial charge in [-0.1, -0.05) is 12.1 Å². The molecule has 0 unspecified atom stereocenters. The van der Waals surface area contributed by atoms with Crippen molar-refractivity contribution in [1.29, 1.82) is 0 Å². The zero-order valence-electron chi connectivity index (χ0n) is 16.1. The average molecular weight is 384 g/mol. The van der Waals surface area contributed by atoms with Crippen molar-refractivity contribution in [2.45, 2.75) is 0 Å². The molecule has 7 nitrogen and oxygen atoms in total. The molecule has 148 valence electrons. The number of amides is 1. The predicted molar refractivity (Wildman–Crippen MR) is 106 cm³/mol. The van der Waals surface area contributed by atoms with Gasteiger partial charge in [0.25, 0.3) is 5.91 Å². The Bertz CT molecular complexity index is 831. The summed E-state index contributed by atoms with van der Waals surface area (Å²) in [5, 5.41) is 0. The summed E-state index contributed by atoms with van der Waals surface area (Å²) in [6.45, 7) is 5.91. The Kier molecular flexibility index (Phi) is 5.38. The Labute approximate surface area is 164 Å². The van der Waals surface area contributed by atoms with Gasteiger partial charge in [-0.15, -0.1) is 0 Å². The quantitative estimate of drug-likeness (QED) is 0.796. The number of para-hydroxylation sites is 1. The fourth-order valence-electron chi connectivity index (χ4n) is 3.65. The van der Waals surface area contributed by atoms with Crippen molar-refractivity contribution < 1.29 is 9.18 Å². The summed E-state index contributed by atoms with van der Waals surface area (Å²) in [7, 11) is 2.06. The lowest BCUT2D eigenvalue weighted by molar-refractivity contribution is 0.0658. The van der Waals surface area contributed by atoms with E-state index in [0.29, 0.717) is 43.5 Å². The molecule has 0 radical (unpaired) electrons. The number of anilines is 2. The number of carbonyl (C=O) groups is 1. The lowest BCUT2D eigenvalue weighted by atomic mass is 10.2. The van der Waals surface area contributed by atoms with Crippen molar-refractivity contribution in [1.82, 2.24) is 19.8 Å². The molecule has 0 spiro atoms. The molecule has 0 saturated carbocycles. The molecule has 1 aromatic heterocycles. The molecular weight excluding hydrogens is 359 g/mol. The Morgan fingerprint density at radius 1 is 0.929 bits per heavy atom. The van der Waals surface area contributed by atoms with E-state index in [2.05, 4.69) is 26.8 Å². The molecule has 0 bridgehead atoms. The highest BCUT2D eigenvalue weighted by molar-refractivity contribution is 5.92. The van der Waals surface area contributed by atoms with Crippen LogP contribution in [-0.4, -0.2) is 85.1 Å². The van der Waals surface area contributed by atoms with Gasteiger partial charge < -0.3 is 19.6 Å². The standard InChI is InChI=1S/C20H25FN6O/c1-24-8-10-26(11-9-24)19(28)17-6-7-22-20(23-17)27-14-12-25(13-15-27)18-5-3-2-4-16(18)21/h2-7H,8-15H2,1H3. The fraction of sp³-hybridized carbons (Fsp3) is 0.450. The van der Waals surface area contributed by atoms with Crippen LogP contribution in [0, 0.1) is 5.82 Å². The van der Waals surface area contributed by atoms with Crippen LogP contribution in [0.15, 0.2) is 36.5 Å². The van der Waals surface area contributed by atoms with Crippen LogP contribution in [0.1, 0.15) is 10.5 Å². The number of hydrogen-bond acceptors (Lipinski definition) is 6. The van der Waals surface area contributed by atoms with Gasteiger partial charge in [0.2, 0.25) is 5.95 Å². The molecule has 1 amide bonds. The van der Waals surface area contributed by atoms with Crippen molar-refractivity contribution >= 4 is 17.5 Å². The van der Waals surface area contributed by atoms with Gasteiger partial charge in [-0.2, -0.15) is 0 Å². The van der Waals surface area contributed by atoms with E-state index in [0.717, 1.165) is 26.2 Å². The minimum Gasteiger partial charge on any atom is -0.366 e. The van der Waals surface area contributed by atoms with E-state index in [9.17, 15) is 9.18 Å². The number of rotatable bonds is 3. The molecule has 0 N–H and O–H groups in total. The second-order valence-electron chi connectivity index (χ2n) is 7.26. The molecule has 0 aliphatic carbocycles. The van der Waals surface area contributed by atoms with Crippen LogP contribution < -0.4 is 9.80 Å². The van der Waals surface area contributed by atoms with E-state index < -0.39 is 0 Å². The lowest BCUT2D eigenvalue weighted by Gasteiger charge is -2.36. The molecule has 3 heterocycles. The maximum absolute atomic E-state index is 14.0. The third-order valence-corrected chi connectivity index (χ3v) is 5.41. The molecular formula is C20H25FN6O. The van der Waals surface area contributed by atoms with Crippen LogP contribution in [0.3, 0.4) is 0 Å². The number of halogens is 1. The molecule has 2 aromatic rings. The summed E-state index contributed by atoms with van der Waals surface area (Å²) < 4.78 is 14.0. The van der Waals surface area contributed by atoms with Gasteiger partial charge >= 0.3 is 0 Å². The van der Waals surface area contributed by atoms with Gasteiger partial charge in [-0.05, 0) is 25.2 Å². The third kappa shape index (κ3) is 3.91. The Hall–Kier alpha value is -2.74. The minimum absolute atomic E-state index is 0.0401. The SMILES string of the molecule is CN1CCN(C(=O)c2ccnc(N3CCN(c4ccccc4F)CC3)n2)CC1. The highest BCUT2D eigenvalue weighted by Crippen LogP contribution is 2.21. The van der Waals surface area contributed by atoms with Gasteiger partial charge in [0.1, 0.15) is 11.5 Å². The van der Waals surface area contributed by atoms with Crippen LogP contribution in [0.25, 0.3) is 0 Å². The molecule has 1 aromatic carbocycles. The first-order valence-electron chi connectivity index (χ1n) is 9.67. The maximum atomic E-state index is 14.0. The zero-order valence-corrected chi connectivity index (χ0v) is 16.1. The highest BCUT2D eigenvalue weighted by atomic mass is 19.1. The number of likely N-dealkylation sites (N-methyl/N-ethyl adjacent to an activating group) is 1. The van der Waals surface area contributed by atoms with E-state index in [-0.39, 0.29) is 11.7 Å². The van der Waals surface area contributed by atoms with Crippen LogP contribution in [0.4, 0.5) is 16.0 Å². The van der Waals surface area contributed by atoms with E-state index in [1.54, 1.807) is 24.4 Å². The molecule has 4 rings (SSSR count). The van der Waals surface area contributed by atoms with Crippen molar-refractivity contribution in [3.8, 4) is 0 Å². The Morgan fingerprint density at radius 3 is 2.32 bits per heavy atom. The average Bonchev–Trinajstić information content (AvgIpc) is 2.74. The van der Waals surface area contributed by atoms with Gasteiger partial charge in [-0.25, -0.2) is 14.4 Å². The maximum Gasteiger partial charge on any atom is 0.272 e. The number of piperazine rings is 2. The van der Waals surface area contributed by atoms with Gasteiger partial charge in [-0.3, -0.25) is 4.79 Å². The lowest BCUT2D eigenvalue weighted by Crippen LogP contribution is -2.48. The molecule has 2 saturated heterocycles. The summed E-state index contributed by atoms with van der Waals surface area (Å²) in [5.41, 5.74) is 1.06. The molecule has 8 heteroatoms. The van der Waals surface area contributed by atoms with Crippen LogP contribution in [-0.2, 0) is 0 Å². The van der Waals surface area contributed by atoms with Crippen molar-refractivity contribution in [2.24, 2.45) is 0 Å². The largest absolute Gasteiger partial charge is 0.366 e. The van der Waals surface area contributed by atoms with E-state index in [4.69, 9.17) is 0 Å². The second kappa shape index (κ2) is 8.10. The smallest absolute Gasteiger partial charge is 0.272 e. The summed E-state index contributed by atoms with van der Waals surface area (Å²) in [5.74, 6) is 0.321. The van der Waals surface area contributed by atoms with Gasteiger partial charge in [0.15, 0.2) is 0 Å². The third-order valence-electron chi connectivity index (χ3n) is 5.41. The Morgan fingerprint density at radius 2 is 1.61 bits per heavy atom. The van der Waals surface area contributed by atoms with Gasteiger partial charge in [0, 0.05) is 58.6 Å². The molecule has 2 aliphatic heterocycles. The number of carbonyl (C=O) groups excluding carboxylic acids is 1. The monoisotopic (exact) mass is 384 g/mol. The van der Waals surface area contributed by atoms with Crippen molar-refractivity contribution in [3.05, 3.63) is 48.0 Å². The van der Waals surface area contributed by atoms with Crippen LogP contribution >= 0.6 is 0 Å². The molecule has 28 heavy (non-hydrogen) atoms. The van der Waals surface area contributed by atoms with E-state index in [1.165, 1.54) is 6.07 Å². The summed E-state index contributed by atoms with van der Waals surface area (Å²) in [6, 6.07) is 8.52. The highest BCUT2D eigenvalue weighted by Gasteiger charge is 2.24. The Balaban J connectivity index is 1.41. The normalized spacial score (nSPS) is 18.4. The fourth-order valence-corrected chi connectivity index (χ4v) is 3.65. The first-order valence-corrected chi connectivity index (χ1v) is 9.67. The first-order chi connectivity index (χ1) is 13.6. The van der Waals surface area contributed by atoms with E-state index in [1.807, 2.05) is 15.9 Å². The summed E-state index contributed by atoms with van der Waals surface area (Å²) in [4.78, 5) is 29.8.